The van der Waals surface area contributed by atoms with E-state index in [0.717, 1.165) is 5.69 Å². The van der Waals surface area contributed by atoms with E-state index in [-0.39, 0.29) is 11.3 Å². The van der Waals surface area contributed by atoms with Crippen molar-refractivity contribution in [2.45, 2.75) is 18.8 Å². The molecule has 1 unspecified atom stereocenters. The van der Waals surface area contributed by atoms with E-state index in [1.54, 1.807) is 18.9 Å². The van der Waals surface area contributed by atoms with Crippen LogP contribution in [0.25, 0.3) is 0 Å². The van der Waals surface area contributed by atoms with Crippen LogP contribution in [0.2, 0.25) is 0 Å². The molecular weight excluding hydrogens is 312 g/mol. The Hall–Kier alpha value is -1.86. The fourth-order valence-corrected chi connectivity index (χ4v) is 3.66. The van der Waals surface area contributed by atoms with Gasteiger partial charge in [-0.2, -0.15) is 0 Å². The summed E-state index contributed by atoms with van der Waals surface area (Å²) >= 11 is 1.59. The van der Waals surface area contributed by atoms with Crippen LogP contribution in [-0.2, 0) is 16.1 Å². The van der Waals surface area contributed by atoms with Gasteiger partial charge in [0.2, 0.25) is 5.91 Å². The topological polar surface area (TPSA) is 60.2 Å². The number of rotatable bonds is 6. The van der Waals surface area contributed by atoms with Gasteiger partial charge in [-0.3, -0.25) is 4.79 Å². The third-order valence-electron chi connectivity index (χ3n) is 3.78. The molecule has 0 aliphatic carbocycles. The molecule has 0 saturated carbocycles. The molecule has 1 aliphatic heterocycles. The van der Waals surface area contributed by atoms with Crippen LogP contribution >= 0.6 is 11.8 Å². The highest BCUT2D eigenvalue weighted by atomic mass is 32.2. The summed E-state index contributed by atoms with van der Waals surface area (Å²) < 4.78 is 6.90. The SMILES string of the molecule is COCCN1C(=O)CSC1c1cn(Cc2ccc(C)cc2)nn1. The number of thioether (sulfide) groups is 1. The molecule has 1 aliphatic rings. The van der Waals surface area contributed by atoms with Crippen molar-refractivity contribution in [2.24, 2.45) is 0 Å². The Morgan fingerprint density at radius 1 is 1.35 bits per heavy atom. The van der Waals surface area contributed by atoms with Crippen LogP contribution < -0.4 is 0 Å². The molecule has 122 valence electrons. The summed E-state index contributed by atoms with van der Waals surface area (Å²) in [6, 6.07) is 8.36. The lowest BCUT2D eigenvalue weighted by molar-refractivity contribution is -0.128. The lowest BCUT2D eigenvalue weighted by Crippen LogP contribution is -2.31. The highest BCUT2D eigenvalue weighted by Crippen LogP contribution is 2.37. The van der Waals surface area contributed by atoms with E-state index in [2.05, 4.69) is 41.5 Å². The van der Waals surface area contributed by atoms with Crippen LogP contribution in [0.4, 0.5) is 0 Å². The summed E-state index contributed by atoms with van der Waals surface area (Å²) in [6.07, 6.45) is 1.93. The van der Waals surface area contributed by atoms with Gasteiger partial charge in [-0.1, -0.05) is 35.0 Å². The lowest BCUT2D eigenvalue weighted by atomic mass is 10.1. The first-order valence-electron chi connectivity index (χ1n) is 7.53. The number of ether oxygens (including phenoxy) is 1. The van der Waals surface area contributed by atoms with Gasteiger partial charge in [-0.15, -0.1) is 16.9 Å². The van der Waals surface area contributed by atoms with E-state index in [9.17, 15) is 4.79 Å². The quantitative estimate of drug-likeness (QED) is 0.808. The molecule has 2 heterocycles. The van der Waals surface area contributed by atoms with Crippen LogP contribution in [0.3, 0.4) is 0 Å². The Balaban J connectivity index is 1.70. The van der Waals surface area contributed by atoms with Gasteiger partial charge in [0, 0.05) is 13.7 Å². The maximum atomic E-state index is 12.0. The van der Waals surface area contributed by atoms with Crippen molar-refractivity contribution >= 4 is 17.7 Å². The number of benzene rings is 1. The molecule has 3 rings (SSSR count). The van der Waals surface area contributed by atoms with Gasteiger partial charge in [-0.05, 0) is 12.5 Å². The van der Waals surface area contributed by atoms with Crippen molar-refractivity contribution in [3.05, 3.63) is 47.3 Å². The van der Waals surface area contributed by atoms with Crippen LogP contribution in [0, 0.1) is 6.92 Å². The molecule has 6 nitrogen and oxygen atoms in total. The normalized spacial score (nSPS) is 17.9. The average Bonchev–Trinajstić information content (AvgIpc) is 3.14. The van der Waals surface area contributed by atoms with Crippen LogP contribution in [0.5, 0.6) is 0 Å². The first-order chi connectivity index (χ1) is 11.2. The molecule has 0 spiro atoms. The number of carbonyl (C=O) groups is 1. The second-order valence-corrected chi connectivity index (χ2v) is 6.64. The summed E-state index contributed by atoms with van der Waals surface area (Å²) in [5.74, 6) is 0.615. The predicted molar refractivity (Wildman–Crippen MR) is 89.1 cm³/mol. The number of hydrogen-bond donors (Lipinski definition) is 0. The predicted octanol–water partition coefficient (Wildman–Crippen LogP) is 1.86. The highest BCUT2D eigenvalue weighted by molar-refractivity contribution is 8.00. The maximum Gasteiger partial charge on any atom is 0.233 e. The maximum absolute atomic E-state index is 12.0. The molecule has 0 bridgehead atoms. The molecule has 0 N–H and O–H groups in total. The minimum atomic E-state index is -0.0654. The van der Waals surface area contributed by atoms with E-state index < -0.39 is 0 Å². The highest BCUT2D eigenvalue weighted by Gasteiger charge is 2.34. The average molecular weight is 332 g/mol. The van der Waals surface area contributed by atoms with E-state index in [1.807, 2.05) is 15.8 Å². The Labute approximate surface area is 139 Å². The Morgan fingerprint density at radius 2 is 2.13 bits per heavy atom. The molecule has 1 fully saturated rings. The van der Waals surface area contributed by atoms with Gasteiger partial charge in [0.25, 0.3) is 0 Å². The molecule has 2 aromatic rings. The van der Waals surface area contributed by atoms with Crippen LogP contribution in [-0.4, -0.2) is 51.8 Å². The molecule has 1 amide bonds. The van der Waals surface area contributed by atoms with E-state index >= 15 is 0 Å². The summed E-state index contributed by atoms with van der Waals surface area (Å²) in [6.45, 7) is 3.86. The van der Waals surface area contributed by atoms with E-state index in [4.69, 9.17) is 4.74 Å². The van der Waals surface area contributed by atoms with Gasteiger partial charge in [-0.25, -0.2) is 4.68 Å². The standard InChI is InChI=1S/C16H20N4O2S/c1-12-3-5-13(6-4-12)9-19-10-14(17-18-19)16-20(7-8-22-2)15(21)11-23-16/h3-6,10,16H,7-9,11H2,1-2H3. The largest absolute Gasteiger partial charge is 0.383 e. The molecule has 1 aromatic heterocycles. The molecule has 7 heteroatoms. The van der Waals surface area contributed by atoms with Crippen molar-refractivity contribution in [2.75, 3.05) is 26.0 Å². The van der Waals surface area contributed by atoms with Crippen LogP contribution in [0.1, 0.15) is 22.2 Å². The Kier molecular flexibility index (Phi) is 4.97. The smallest absolute Gasteiger partial charge is 0.233 e. The van der Waals surface area contributed by atoms with Crippen molar-refractivity contribution < 1.29 is 9.53 Å². The molecule has 1 aromatic carbocycles. The molecule has 1 saturated heterocycles. The summed E-state index contributed by atoms with van der Waals surface area (Å²) in [4.78, 5) is 13.8. The third-order valence-corrected chi connectivity index (χ3v) is 5.00. The van der Waals surface area contributed by atoms with E-state index in [0.29, 0.717) is 25.4 Å². The Bertz CT molecular complexity index is 671. The van der Waals surface area contributed by atoms with Gasteiger partial charge in [0.1, 0.15) is 11.1 Å². The zero-order valence-electron chi connectivity index (χ0n) is 13.3. The van der Waals surface area contributed by atoms with Gasteiger partial charge in [0.15, 0.2) is 0 Å². The molecule has 1 atom stereocenters. The monoisotopic (exact) mass is 332 g/mol. The number of nitrogens with zero attached hydrogens (tertiary/aromatic N) is 4. The summed E-state index contributed by atoms with van der Waals surface area (Å²) in [5.41, 5.74) is 3.24. The molecule has 23 heavy (non-hydrogen) atoms. The van der Waals surface area contributed by atoms with Gasteiger partial charge < -0.3 is 9.64 Å². The van der Waals surface area contributed by atoms with Crippen molar-refractivity contribution in [3.63, 3.8) is 0 Å². The van der Waals surface area contributed by atoms with Crippen molar-refractivity contribution in [1.29, 1.82) is 0 Å². The summed E-state index contributed by atoms with van der Waals surface area (Å²) in [5, 5.41) is 8.40. The fourth-order valence-electron chi connectivity index (χ4n) is 2.51. The van der Waals surface area contributed by atoms with Crippen LogP contribution in [0.15, 0.2) is 30.5 Å². The Morgan fingerprint density at radius 3 is 2.87 bits per heavy atom. The number of hydrogen-bond acceptors (Lipinski definition) is 5. The van der Waals surface area contributed by atoms with Gasteiger partial charge in [0.05, 0.1) is 25.1 Å². The minimum absolute atomic E-state index is 0.0654. The van der Waals surface area contributed by atoms with Crippen molar-refractivity contribution in [3.8, 4) is 0 Å². The summed E-state index contributed by atoms with van der Waals surface area (Å²) in [7, 11) is 1.64. The fraction of sp³-hybridized carbons (Fsp3) is 0.438. The third kappa shape index (κ3) is 3.73. The van der Waals surface area contributed by atoms with Gasteiger partial charge >= 0.3 is 0 Å². The second kappa shape index (κ2) is 7.14. The van der Waals surface area contributed by atoms with E-state index in [1.165, 1.54) is 11.1 Å². The second-order valence-electron chi connectivity index (χ2n) is 5.57. The molecular formula is C16H20N4O2S. The number of amides is 1. The van der Waals surface area contributed by atoms with Crippen molar-refractivity contribution in [1.82, 2.24) is 19.9 Å². The number of carbonyl (C=O) groups excluding carboxylic acids is 1. The lowest BCUT2D eigenvalue weighted by Gasteiger charge is -2.21. The number of methoxy groups -OCH3 is 1. The number of aromatic nitrogens is 3. The molecule has 0 radical (unpaired) electrons. The number of aryl methyl sites for hydroxylation is 1. The first-order valence-corrected chi connectivity index (χ1v) is 8.58. The zero-order chi connectivity index (χ0) is 16.2. The zero-order valence-corrected chi connectivity index (χ0v) is 14.1. The minimum Gasteiger partial charge on any atom is -0.383 e. The first kappa shape index (κ1) is 16.0.